The van der Waals surface area contributed by atoms with Crippen LogP contribution in [0.15, 0.2) is 60.7 Å². The van der Waals surface area contributed by atoms with Crippen molar-refractivity contribution in [3.63, 3.8) is 0 Å². The fourth-order valence-corrected chi connectivity index (χ4v) is 7.03. The van der Waals surface area contributed by atoms with Crippen molar-refractivity contribution in [1.29, 1.82) is 0 Å². The van der Waals surface area contributed by atoms with Crippen LogP contribution in [0.2, 0.25) is 0 Å². The van der Waals surface area contributed by atoms with Crippen molar-refractivity contribution in [2.45, 2.75) is 36.1 Å². The van der Waals surface area contributed by atoms with Gasteiger partial charge in [0.25, 0.3) is 0 Å². The smallest absolute Gasteiger partial charge is 0.328 e. The fraction of sp³-hybridized carbons (Fsp3) is 0.273. The van der Waals surface area contributed by atoms with E-state index in [4.69, 9.17) is 0 Å². The number of carboxylic acids is 1. The maximum Gasteiger partial charge on any atom is 0.328 e. The Balaban J connectivity index is 1.67. The first kappa shape index (κ1) is 20.4. The third-order valence-corrected chi connectivity index (χ3v) is 9.10. The number of aromatic nitrogens is 3. The predicted molar refractivity (Wildman–Crippen MR) is 115 cm³/mol. The zero-order valence-electron chi connectivity index (χ0n) is 17.1. The quantitative estimate of drug-likeness (QED) is 0.586. The summed E-state index contributed by atoms with van der Waals surface area (Å²) in [6.45, 7) is 1.13. The molecule has 0 radical (unpaired) electrons. The van der Waals surface area contributed by atoms with Gasteiger partial charge in [0.05, 0.1) is 18.7 Å². The van der Waals surface area contributed by atoms with Crippen LogP contribution in [0.5, 0.6) is 0 Å². The zero-order valence-corrected chi connectivity index (χ0v) is 17.9. The second-order valence-corrected chi connectivity index (χ2v) is 10.8. The average Bonchev–Trinajstić information content (AvgIpc) is 3.24. The molecule has 9 nitrogen and oxygen atoms in total. The number of rotatable bonds is 5. The summed E-state index contributed by atoms with van der Waals surface area (Å²) in [4.78, 5) is 25.2. The molecule has 2 saturated heterocycles. The van der Waals surface area contributed by atoms with Gasteiger partial charge in [-0.2, -0.15) is 0 Å². The lowest BCUT2D eigenvalue weighted by Crippen LogP contribution is -2.58. The standard InChI is InChI=1S/C22H20N4O5S/c1-22(20(21(28)29)26-16(27)12-17(26)32(22,30)31)13-25-19(15-10-6-3-7-11-15)18(23-24-25)14-8-4-2-5-9-14/h2-11,17,20H,12-13H2,1H3,(H,28,29)/t17-,20-,22-/m0/s1. The molecule has 2 aromatic carbocycles. The van der Waals surface area contributed by atoms with Gasteiger partial charge in [0.2, 0.25) is 5.91 Å². The van der Waals surface area contributed by atoms with E-state index < -0.39 is 37.9 Å². The highest BCUT2D eigenvalue weighted by Crippen LogP contribution is 2.47. The number of carbonyl (C=O) groups is 2. The summed E-state index contributed by atoms with van der Waals surface area (Å²) in [5.74, 6) is -1.82. The van der Waals surface area contributed by atoms with Gasteiger partial charge in [-0.3, -0.25) is 4.79 Å². The van der Waals surface area contributed by atoms with E-state index >= 15 is 0 Å². The summed E-state index contributed by atoms with van der Waals surface area (Å²) in [6.07, 6.45) is -0.195. The first-order valence-electron chi connectivity index (χ1n) is 10.1. The van der Waals surface area contributed by atoms with Crippen LogP contribution in [0.3, 0.4) is 0 Å². The number of hydrogen-bond donors (Lipinski definition) is 1. The van der Waals surface area contributed by atoms with Gasteiger partial charge in [0.15, 0.2) is 15.9 Å². The van der Waals surface area contributed by atoms with E-state index in [1.807, 2.05) is 60.7 Å². The molecule has 1 amide bonds. The van der Waals surface area contributed by atoms with Crippen molar-refractivity contribution in [2.24, 2.45) is 0 Å². The Bertz CT molecular complexity index is 1320. The molecule has 0 unspecified atom stereocenters. The highest BCUT2D eigenvalue weighted by Gasteiger charge is 2.70. The minimum atomic E-state index is -3.97. The molecule has 2 aliphatic heterocycles. The number of fused-ring (bicyclic) bond motifs is 1. The Morgan fingerprint density at radius 2 is 1.69 bits per heavy atom. The minimum absolute atomic E-state index is 0.195. The summed E-state index contributed by atoms with van der Waals surface area (Å²) in [5.41, 5.74) is 2.70. The lowest BCUT2D eigenvalue weighted by atomic mass is 9.96. The second-order valence-electron chi connectivity index (χ2n) is 8.23. The molecule has 32 heavy (non-hydrogen) atoms. The average molecular weight is 452 g/mol. The van der Waals surface area contributed by atoms with Crippen molar-refractivity contribution in [3.05, 3.63) is 60.7 Å². The van der Waals surface area contributed by atoms with Gasteiger partial charge in [0, 0.05) is 11.1 Å². The van der Waals surface area contributed by atoms with Gasteiger partial charge in [0.1, 0.15) is 15.8 Å². The summed E-state index contributed by atoms with van der Waals surface area (Å²) in [6, 6.07) is 17.1. The number of sulfone groups is 1. The van der Waals surface area contributed by atoms with E-state index in [0.29, 0.717) is 11.4 Å². The monoisotopic (exact) mass is 452 g/mol. The van der Waals surface area contributed by atoms with Crippen molar-refractivity contribution in [3.8, 4) is 22.5 Å². The van der Waals surface area contributed by atoms with Crippen molar-refractivity contribution < 1.29 is 23.1 Å². The molecule has 3 aromatic rings. The Kier molecular flexibility index (Phi) is 4.45. The van der Waals surface area contributed by atoms with E-state index in [0.717, 1.165) is 16.0 Å². The summed E-state index contributed by atoms with van der Waals surface area (Å²) >= 11 is 0. The van der Waals surface area contributed by atoms with E-state index in [1.165, 1.54) is 11.6 Å². The van der Waals surface area contributed by atoms with E-state index in [-0.39, 0.29) is 13.0 Å². The molecule has 0 bridgehead atoms. The third-order valence-electron chi connectivity index (χ3n) is 6.34. The number of aliphatic carboxylic acids is 1. The highest BCUT2D eigenvalue weighted by molar-refractivity contribution is 7.93. The molecule has 3 atom stereocenters. The van der Waals surface area contributed by atoms with Crippen LogP contribution < -0.4 is 0 Å². The van der Waals surface area contributed by atoms with Crippen LogP contribution in [-0.2, 0) is 26.0 Å². The summed E-state index contributed by atoms with van der Waals surface area (Å²) in [5, 5.41) is 17.3. The van der Waals surface area contributed by atoms with Gasteiger partial charge in [-0.25, -0.2) is 17.9 Å². The van der Waals surface area contributed by atoms with Gasteiger partial charge < -0.3 is 10.0 Å². The minimum Gasteiger partial charge on any atom is -0.480 e. The van der Waals surface area contributed by atoms with Crippen molar-refractivity contribution in [1.82, 2.24) is 19.9 Å². The first-order valence-corrected chi connectivity index (χ1v) is 11.6. The molecule has 164 valence electrons. The molecule has 10 heteroatoms. The zero-order chi connectivity index (χ0) is 22.7. The third kappa shape index (κ3) is 2.72. The molecule has 0 saturated carbocycles. The largest absolute Gasteiger partial charge is 0.480 e. The summed E-state index contributed by atoms with van der Waals surface area (Å²) < 4.78 is 26.4. The van der Waals surface area contributed by atoms with Crippen LogP contribution in [0, 0.1) is 0 Å². The lowest BCUT2D eigenvalue weighted by Gasteiger charge is -2.35. The van der Waals surface area contributed by atoms with E-state index in [9.17, 15) is 23.1 Å². The Morgan fingerprint density at radius 3 is 2.25 bits per heavy atom. The fourth-order valence-electron chi connectivity index (χ4n) is 4.68. The molecule has 1 aromatic heterocycles. The van der Waals surface area contributed by atoms with Crippen LogP contribution >= 0.6 is 0 Å². The number of nitrogens with zero attached hydrogens (tertiary/aromatic N) is 4. The van der Waals surface area contributed by atoms with Crippen LogP contribution in [0.1, 0.15) is 13.3 Å². The molecule has 3 heterocycles. The normalized spacial score (nSPS) is 25.9. The molecule has 0 spiro atoms. The first-order chi connectivity index (χ1) is 15.3. The van der Waals surface area contributed by atoms with Crippen LogP contribution in [0.25, 0.3) is 22.5 Å². The molecular formula is C22H20N4O5S. The lowest BCUT2D eigenvalue weighted by molar-refractivity contribution is -0.157. The van der Waals surface area contributed by atoms with Crippen LogP contribution in [-0.4, -0.2) is 61.5 Å². The maximum absolute atomic E-state index is 13.3. The second kappa shape index (κ2) is 6.99. The number of benzene rings is 2. The number of carboxylic acid groups (broad SMARTS) is 1. The predicted octanol–water partition coefficient (Wildman–Crippen LogP) is 1.81. The molecule has 5 rings (SSSR count). The van der Waals surface area contributed by atoms with Gasteiger partial charge >= 0.3 is 5.97 Å². The summed E-state index contributed by atoms with van der Waals surface area (Å²) in [7, 11) is -3.97. The highest BCUT2D eigenvalue weighted by atomic mass is 32.2. The molecular weight excluding hydrogens is 432 g/mol. The molecule has 0 aliphatic carbocycles. The van der Waals surface area contributed by atoms with E-state index in [2.05, 4.69) is 10.3 Å². The number of β-lactam (4-membered cyclic amide) rings is 1. The number of carbonyl (C=O) groups excluding carboxylic acids is 1. The maximum atomic E-state index is 13.3. The Morgan fingerprint density at radius 1 is 1.09 bits per heavy atom. The van der Waals surface area contributed by atoms with Crippen molar-refractivity contribution in [2.75, 3.05) is 0 Å². The topological polar surface area (TPSA) is 122 Å². The van der Waals surface area contributed by atoms with E-state index in [1.54, 1.807) is 0 Å². The van der Waals surface area contributed by atoms with Crippen molar-refractivity contribution >= 4 is 21.7 Å². The Hall–Kier alpha value is -3.53. The Labute approximate surface area is 184 Å². The number of amides is 1. The SMILES string of the molecule is C[C@]1(Cn2nnc(-c3ccccc3)c2-c2ccccc2)[C@H](C(=O)O)N2C(=O)C[C@@H]2S1(=O)=O. The van der Waals surface area contributed by atoms with Gasteiger partial charge in [-0.05, 0) is 6.92 Å². The number of hydrogen-bond acceptors (Lipinski definition) is 6. The molecule has 1 N–H and O–H groups in total. The van der Waals surface area contributed by atoms with Gasteiger partial charge in [-0.15, -0.1) is 5.10 Å². The molecule has 2 fully saturated rings. The molecule has 2 aliphatic rings. The van der Waals surface area contributed by atoms with Crippen LogP contribution in [0.4, 0.5) is 0 Å². The van der Waals surface area contributed by atoms with Gasteiger partial charge in [-0.1, -0.05) is 65.9 Å².